The van der Waals surface area contributed by atoms with E-state index in [1.165, 1.54) is 42.5 Å². The predicted octanol–water partition coefficient (Wildman–Crippen LogP) is 3.37. The highest BCUT2D eigenvalue weighted by Gasteiger charge is 2.17. The lowest BCUT2D eigenvalue weighted by atomic mass is 10.1. The van der Waals surface area contributed by atoms with Crippen LogP contribution in [0.3, 0.4) is 0 Å². The number of rotatable bonds is 3. The first-order valence-electron chi connectivity index (χ1n) is 7.33. The Bertz CT molecular complexity index is 536. The molecule has 1 fully saturated rings. The number of hydrogen-bond acceptors (Lipinski definition) is 2. The van der Waals surface area contributed by atoms with Crippen molar-refractivity contribution in [3.8, 4) is 0 Å². The molecular weight excluding hydrogens is 232 g/mol. The fourth-order valence-corrected chi connectivity index (χ4v) is 3.01. The molecule has 2 aromatic carbocycles. The van der Waals surface area contributed by atoms with Crippen molar-refractivity contribution in [3.63, 3.8) is 0 Å². The summed E-state index contributed by atoms with van der Waals surface area (Å²) in [5.74, 6) is 0. The zero-order chi connectivity index (χ0) is 13.1. The van der Waals surface area contributed by atoms with E-state index in [4.69, 9.17) is 0 Å². The van der Waals surface area contributed by atoms with E-state index in [0.29, 0.717) is 0 Å². The lowest BCUT2D eigenvalue weighted by Crippen LogP contribution is -2.46. The van der Waals surface area contributed by atoms with Gasteiger partial charge in [0, 0.05) is 37.3 Å². The fraction of sp³-hybridized carbons (Fsp3) is 0.412. The van der Waals surface area contributed by atoms with E-state index in [9.17, 15) is 0 Å². The quantitative estimate of drug-likeness (QED) is 0.828. The third kappa shape index (κ3) is 2.59. The van der Waals surface area contributed by atoms with E-state index in [1.807, 2.05) is 0 Å². The molecule has 19 heavy (non-hydrogen) atoms. The molecule has 0 atom stereocenters. The second kappa shape index (κ2) is 5.62. The minimum atomic E-state index is 1.15. The van der Waals surface area contributed by atoms with Crippen molar-refractivity contribution in [2.45, 2.75) is 13.3 Å². The normalized spacial score (nSPS) is 17.0. The van der Waals surface area contributed by atoms with E-state index in [0.717, 1.165) is 13.1 Å². The number of benzene rings is 2. The number of piperazine rings is 1. The van der Waals surface area contributed by atoms with Crippen LogP contribution in [0.4, 0.5) is 5.69 Å². The van der Waals surface area contributed by atoms with E-state index in [1.54, 1.807) is 0 Å². The van der Waals surface area contributed by atoms with Gasteiger partial charge in [0.1, 0.15) is 0 Å². The topological polar surface area (TPSA) is 6.48 Å². The molecule has 2 heteroatoms. The van der Waals surface area contributed by atoms with Crippen LogP contribution in [0, 0.1) is 0 Å². The van der Waals surface area contributed by atoms with Crippen LogP contribution in [-0.2, 0) is 0 Å². The van der Waals surface area contributed by atoms with Gasteiger partial charge in [0.25, 0.3) is 0 Å². The molecule has 1 saturated heterocycles. The molecule has 0 radical (unpaired) electrons. The van der Waals surface area contributed by atoms with Crippen molar-refractivity contribution in [2.24, 2.45) is 0 Å². The van der Waals surface area contributed by atoms with E-state index in [2.05, 4.69) is 59.2 Å². The number of fused-ring (bicyclic) bond motifs is 1. The average molecular weight is 254 g/mol. The molecule has 0 spiro atoms. The van der Waals surface area contributed by atoms with Crippen molar-refractivity contribution < 1.29 is 0 Å². The van der Waals surface area contributed by atoms with Crippen molar-refractivity contribution in [1.82, 2.24) is 4.90 Å². The summed E-state index contributed by atoms with van der Waals surface area (Å²) >= 11 is 0. The number of hydrogen-bond donors (Lipinski definition) is 0. The first kappa shape index (κ1) is 12.5. The van der Waals surface area contributed by atoms with Crippen molar-refractivity contribution in [3.05, 3.63) is 42.5 Å². The van der Waals surface area contributed by atoms with Crippen LogP contribution in [0.1, 0.15) is 13.3 Å². The summed E-state index contributed by atoms with van der Waals surface area (Å²) in [4.78, 5) is 5.11. The molecule has 1 heterocycles. The summed E-state index contributed by atoms with van der Waals surface area (Å²) in [7, 11) is 0. The van der Waals surface area contributed by atoms with Crippen molar-refractivity contribution in [2.75, 3.05) is 37.6 Å². The lowest BCUT2D eigenvalue weighted by molar-refractivity contribution is 0.258. The van der Waals surface area contributed by atoms with Crippen LogP contribution in [0.15, 0.2) is 42.5 Å². The number of nitrogens with zero attached hydrogens (tertiary/aromatic N) is 2. The summed E-state index contributed by atoms with van der Waals surface area (Å²) < 4.78 is 0. The molecule has 0 saturated carbocycles. The van der Waals surface area contributed by atoms with Gasteiger partial charge in [-0.25, -0.2) is 0 Å². The lowest BCUT2D eigenvalue weighted by Gasteiger charge is -2.36. The van der Waals surface area contributed by atoms with Crippen LogP contribution in [0.2, 0.25) is 0 Å². The summed E-state index contributed by atoms with van der Waals surface area (Å²) in [5.41, 5.74) is 1.40. The molecule has 0 aliphatic carbocycles. The molecule has 0 N–H and O–H groups in total. The molecule has 0 bridgehead atoms. The van der Waals surface area contributed by atoms with Crippen molar-refractivity contribution >= 4 is 16.5 Å². The van der Waals surface area contributed by atoms with Crippen LogP contribution >= 0.6 is 0 Å². The summed E-state index contributed by atoms with van der Waals surface area (Å²) in [6.45, 7) is 8.18. The zero-order valence-corrected chi connectivity index (χ0v) is 11.7. The van der Waals surface area contributed by atoms with Crippen LogP contribution in [-0.4, -0.2) is 37.6 Å². The molecule has 3 rings (SSSR count). The van der Waals surface area contributed by atoms with Gasteiger partial charge in [-0.1, -0.05) is 43.3 Å². The number of anilines is 1. The average Bonchev–Trinajstić information content (AvgIpc) is 2.48. The Labute approximate surface area is 115 Å². The first-order chi connectivity index (χ1) is 9.38. The molecule has 1 aliphatic rings. The SMILES string of the molecule is CCCN1CCN(c2cccc3ccccc23)CC1. The standard InChI is InChI=1S/C17H22N2/c1-2-10-18-11-13-19(14-12-18)17-9-5-7-15-6-3-4-8-16(15)17/h3-9H,2,10-14H2,1H3. The van der Waals surface area contributed by atoms with Crippen LogP contribution < -0.4 is 4.90 Å². The predicted molar refractivity (Wildman–Crippen MR) is 82.9 cm³/mol. The summed E-state index contributed by atoms with van der Waals surface area (Å²) in [5, 5.41) is 2.73. The summed E-state index contributed by atoms with van der Waals surface area (Å²) in [6.07, 6.45) is 1.26. The Morgan fingerprint density at radius 1 is 0.895 bits per heavy atom. The maximum Gasteiger partial charge on any atom is 0.0446 e. The molecular formula is C17H22N2. The highest BCUT2D eigenvalue weighted by atomic mass is 15.3. The molecule has 2 nitrogen and oxygen atoms in total. The minimum Gasteiger partial charge on any atom is -0.368 e. The van der Waals surface area contributed by atoms with Gasteiger partial charge >= 0.3 is 0 Å². The molecule has 1 aliphatic heterocycles. The Kier molecular flexibility index (Phi) is 3.69. The minimum absolute atomic E-state index is 1.15. The largest absolute Gasteiger partial charge is 0.368 e. The van der Waals surface area contributed by atoms with Crippen LogP contribution in [0.25, 0.3) is 10.8 Å². The monoisotopic (exact) mass is 254 g/mol. The van der Waals surface area contributed by atoms with Gasteiger partial charge in [0.15, 0.2) is 0 Å². The van der Waals surface area contributed by atoms with E-state index in [-0.39, 0.29) is 0 Å². The smallest absolute Gasteiger partial charge is 0.0446 e. The van der Waals surface area contributed by atoms with Crippen LogP contribution in [0.5, 0.6) is 0 Å². The van der Waals surface area contributed by atoms with Gasteiger partial charge in [-0.2, -0.15) is 0 Å². The van der Waals surface area contributed by atoms with Gasteiger partial charge in [-0.15, -0.1) is 0 Å². The van der Waals surface area contributed by atoms with Gasteiger partial charge in [-0.05, 0) is 24.4 Å². The zero-order valence-electron chi connectivity index (χ0n) is 11.7. The Balaban J connectivity index is 1.82. The summed E-state index contributed by atoms with van der Waals surface area (Å²) in [6, 6.07) is 15.3. The molecule has 0 unspecified atom stereocenters. The third-order valence-electron chi connectivity index (χ3n) is 4.02. The maximum absolute atomic E-state index is 2.57. The van der Waals surface area contributed by atoms with Gasteiger partial charge in [0.05, 0.1) is 0 Å². The van der Waals surface area contributed by atoms with Gasteiger partial charge in [-0.3, -0.25) is 4.90 Å². The second-order valence-electron chi connectivity index (χ2n) is 5.33. The third-order valence-corrected chi connectivity index (χ3v) is 4.02. The first-order valence-corrected chi connectivity index (χ1v) is 7.33. The highest BCUT2D eigenvalue weighted by Crippen LogP contribution is 2.27. The Morgan fingerprint density at radius 2 is 1.63 bits per heavy atom. The second-order valence-corrected chi connectivity index (χ2v) is 5.33. The van der Waals surface area contributed by atoms with Gasteiger partial charge < -0.3 is 4.90 Å². The highest BCUT2D eigenvalue weighted by molar-refractivity contribution is 5.94. The van der Waals surface area contributed by atoms with Gasteiger partial charge in [0.2, 0.25) is 0 Å². The molecule has 2 aromatic rings. The maximum atomic E-state index is 2.57. The van der Waals surface area contributed by atoms with Crippen molar-refractivity contribution in [1.29, 1.82) is 0 Å². The molecule has 0 aromatic heterocycles. The Morgan fingerprint density at radius 3 is 2.42 bits per heavy atom. The fourth-order valence-electron chi connectivity index (χ4n) is 3.01. The van der Waals surface area contributed by atoms with E-state index < -0.39 is 0 Å². The van der Waals surface area contributed by atoms with E-state index >= 15 is 0 Å². The molecule has 100 valence electrons. The molecule has 0 amide bonds. The Hall–Kier alpha value is -1.54.